The van der Waals surface area contributed by atoms with Gasteiger partial charge in [-0.2, -0.15) is 0 Å². The second-order valence-corrected chi connectivity index (χ2v) is 7.01. The van der Waals surface area contributed by atoms with Crippen LogP contribution in [0.5, 0.6) is 0 Å². The number of halogens is 1. The number of ether oxygens (including phenoxy) is 1. The summed E-state index contributed by atoms with van der Waals surface area (Å²) < 4.78 is 5.62. The lowest BCUT2D eigenvalue weighted by molar-refractivity contribution is -0.384. The Balaban J connectivity index is 1.95. The highest BCUT2D eigenvalue weighted by Gasteiger charge is 2.18. The third kappa shape index (κ3) is 6.35. The first-order valence-corrected chi connectivity index (χ1v) is 9.17. The number of Topliss-reactive ketones (excluding diaryl/α,β-unsaturated/α-hetero) is 1. The Labute approximate surface area is 174 Å². The normalized spacial score (nSPS) is 10.6. The van der Waals surface area contributed by atoms with E-state index in [1.165, 1.54) is 6.07 Å². The SMILES string of the molecule is Cc1cc(C)c(NC(=O)/C=C/C(=O)OCC(=O)c2ccc(Br)cc2)c([N+](=O)[O-])c1. The minimum atomic E-state index is -0.888. The van der Waals surface area contributed by atoms with Gasteiger partial charge in [0.1, 0.15) is 5.69 Å². The van der Waals surface area contributed by atoms with Crippen molar-refractivity contribution in [1.29, 1.82) is 0 Å². The zero-order valence-electron chi connectivity index (χ0n) is 15.6. The third-order valence-electron chi connectivity index (χ3n) is 3.79. The van der Waals surface area contributed by atoms with E-state index in [0.29, 0.717) is 16.7 Å². The molecule has 0 saturated heterocycles. The van der Waals surface area contributed by atoms with E-state index in [1.54, 1.807) is 44.2 Å². The second kappa shape index (κ2) is 9.74. The number of carbonyl (C=O) groups is 3. The number of hydrogen-bond acceptors (Lipinski definition) is 6. The van der Waals surface area contributed by atoms with Crippen molar-refractivity contribution in [1.82, 2.24) is 0 Å². The van der Waals surface area contributed by atoms with Gasteiger partial charge in [-0.3, -0.25) is 19.7 Å². The molecule has 1 N–H and O–H groups in total. The molecule has 0 spiro atoms. The minimum absolute atomic E-state index is 0.0500. The van der Waals surface area contributed by atoms with E-state index in [-0.39, 0.29) is 11.4 Å². The Hall–Kier alpha value is -3.33. The number of nitrogens with zero attached hydrogens (tertiary/aromatic N) is 1. The highest BCUT2D eigenvalue weighted by molar-refractivity contribution is 9.10. The molecule has 0 heterocycles. The molecule has 0 aromatic heterocycles. The Morgan fingerprint density at radius 1 is 1.14 bits per heavy atom. The molecule has 0 aliphatic carbocycles. The number of ketones is 1. The molecule has 0 bridgehead atoms. The standard InChI is InChI=1S/C20H17BrN2O6/c1-12-9-13(2)20(16(10-12)23(27)28)22-18(25)7-8-19(26)29-11-17(24)14-3-5-15(21)6-4-14/h3-10H,11H2,1-2H3,(H,22,25)/b8-7+. The van der Waals surface area contributed by atoms with Gasteiger partial charge in [-0.15, -0.1) is 0 Å². The number of anilines is 1. The quantitative estimate of drug-likeness (QED) is 0.220. The van der Waals surface area contributed by atoms with E-state index in [2.05, 4.69) is 21.2 Å². The highest BCUT2D eigenvalue weighted by atomic mass is 79.9. The molecule has 2 aromatic carbocycles. The summed E-state index contributed by atoms with van der Waals surface area (Å²) in [4.78, 5) is 46.3. The van der Waals surface area contributed by atoms with Crippen LogP contribution in [0, 0.1) is 24.0 Å². The van der Waals surface area contributed by atoms with Crippen LogP contribution < -0.4 is 5.32 Å². The van der Waals surface area contributed by atoms with E-state index < -0.39 is 29.2 Å². The van der Waals surface area contributed by atoms with Crippen LogP contribution in [0.25, 0.3) is 0 Å². The lowest BCUT2D eigenvalue weighted by Gasteiger charge is -2.08. The molecule has 0 atom stereocenters. The Morgan fingerprint density at radius 3 is 2.41 bits per heavy atom. The van der Waals surface area contributed by atoms with Gasteiger partial charge in [-0.25, -0.2) is 4.79 Å². The largest absolute Gasteiger partial charge is 0.454 e. The van der Waals surface area contributed by atoms with Crippen molar-refractivity contribution < 1.29 is 24.0 Å². The summed E-state index contributed by atoms with van der Waals surface area (Å²) in [6, 6.07) is 9.57. The number of nitro groups is 1. The van der Waals surface area contributed by atoms with Gasteiger partial charge in [0.25, 0.3) is 5.69 Å². The van der Waals surface area contributed by atoms with Crippen molar-refractivity contribution >= 4 is 45.0 Å². The number of aryl methyl sites for hydroxylation is 2. The van der Waals surface area contributed by atoms with Crippen LogP contribution in [-0.4, -0.2) is 29.2 Å². The molecular formula is C20H17BrN2O6. The molecule has 2 aromatic rings. The first-order valence-electron chi connectivity index (χ1n) is 8.37. The summed E-state index contributed by atoms with van der Waals surface area (Å²) in [6.45, 7) is 2.85. The first kappa shape index (κ1) is 22.0. The number of rotatable bonds is 7. The Kier molecular flexibility index (Phi) is 7.38. The van der Waals surface area contributed by atoms with Gasteiger partial charge in [0, 0.05) is 28.3 Å². The van der Waals surface area contributed by atoms with Crippen molar-refractivity contribution in [3.63, 3.8) is 0 Å². The van der Waals surface area contributed by atoms with Gasteiger partial charge in [0.2, 0.25) is 5.91 Å². The van der Waals surface area contributed by atoms with E-state index >= 15 is 0 Å². The number of benzene rings is 2. The van der Waals surface area contributed by atoms with E-state index in [0.717, 1.165) is 16.6 Å². The molecule has 0 aliphatic rings. The fraction of sp³-hybridized carbons (Fsp3) is 0.150. The fourth-order valence-electron chi connectivity index (χ4n) is 2.46. The van der Waals surface area contributed by atoms with Crippen molar-refractivity contribution in [3.8, 4) is 0 Å². The number of nitro benzene ring substituents is 1. The molecule has 0 saturated carbocycles. The number of hydrogen-bond donors (Lipinski definition) is 1. The smallest absolute Gasteiger partial charge is 0.331 e. The minimum Gasteiger partial charge on any atom is -0.454 e. The zero-order chi connectivity index (χ0) is 21.6. The molecule has 8 nitrogen and oxygen atoms in total. The molecule has 0 fully saturated rings. The Bertz CT molecular complexity index is 999. The van der Waals surface area contributed by atoms with Gasteiger partial charge < -0.3 is 10.1 Å². The molecule has 9 heteroatoms. The van der Waals surface area contributed by atoms with Crippen molar-refractivity contribution in [2.75, 3.05) is 11.9 Å². The third-order valence-corrected chi connectivity index (χ3v) is 4.32. The lowest BCUT2D eigenvalue weighted by atomic mass is 10.1. The van der Waals surface area contributed by atoms with Crippen LogP contribution in [0.3, 0.4) is 0 Å². The molecule has 150 valence electrons. The summed E-state index contributed by atoms with van der Waals surface area (Å²) in [5.74, 6) is -2.02. The summed E-state index contributed by atoms with van der Waals surface area (Å²) in [5.41, 5.74) is 1.38. The van der Waals surface area contributed by atoms with E-state index in [4.69, 9.17) is 4.74 Å². The number of esters is 1. The predicted molar refractivity (Wildman–Crippen MR) is 110 cm³/mol. The van der Waals surface area contributed by atoms with E-state index in [1.807, 2.05) is 0 Å². The maximum atomic E-state index is 12.0. The van der Waals surface area contributed by atoms with Gasteiger partial charge in [-0.05, 0) is 37.1 Å². The monoisotopic (exact) mass is 460 g/mol. The number of nitrogens with one attached hydrogen (secondary N) is 1. The second-order valence-electron chi connectivity index (χ2n) is 6.09. The summed E-state index contributed by atoms with van der Waals surface area (Å²) in [7, 11) is 0. The molecule has 2 rings (SSSR count). The maximum absolute atomic E-state index is 12.0. The summed E-state index contributed by atoms with van der Waals surface area (Å²) in [6.07, 6.45) is 1.73. The Morgan fingerprint density at radius 2 is 1.79 bits per heavy atom. The summed E-state index contributed by atoms with van der Waals surface area (Å²) >= 11 is 3.25. The van der Waals surface area contributed by atoms with Gasteiger partial charge >= 0.3 is 5.97 Å². The molecule has 1 amide bonds. The van der Waals surface area contributed by atoms with Crippen molar-refractivity contribution in [3.05, 3.63) is 79.8 Å². The molecule has 29 heavy (non-hydrogen) atoms. The fourth-order valence-corrected chi connectivity index (χ4v) is 2.73. The maximum Gasteiger partial charge on any atom is 0.331 e. The van der Waals surface area contributed by atoms with Crippen LogP contribution in [-0.2, 0) is 14.3 Å². The van der Waals surface area contributed by atoms with Crippen LogP contribution in [0.2, 0.25) is 0 Å². The first-order chi connectivity index (χ1) is 13.7. The zero-order valence-corrected chi connectivity index (χ0v) is 17.2. The number of amides is 1. The van der Waals surface area contributed by atoms with Crippen LogP contribution in [0.15, 0.2) is 53.0 Å². The van der Waals surface area contributed by atoms with Gasteiger partial charge in [0.05, 0.1) is 4.92 Å². The predicted octanol–water partition coefficient (Wildman–Crippen LogP) is 3.89. The van der Waals surface area contributed by atoms with Crippen LogP contribution >= 0.6 is 15.9 Å². The average molecular weight is 461 g/mol. The number of carbonyl (C=O) groups excluding carboxylic acids is 3. The van der Waals surface area contributed by atoms with Crippen molar-refractivity contribution in [2.45, 2.75) is 13.8 Å². The van der Waals surface area contributed by atoms with Crippen molar-refractivity contribution in [2.24, 2.45) is 0 Å². The van der Waals surface area contributed by atoms with Gasteiger partial charge in [-0.1, -0.05) is 34.1 Å². The molecule has 0 unspecified atom stereocenters. The summed E-state index contributed by atoms with van der Waals surface area (Å²) in [5, 5.41) is 13.6. The van der Waals surface area contributed by atoms with Crippen LogP contribution in [0.4, 0.5) is 11.4 Å². The van der Waals surface area contributed by atoms with Gasteiger partial charge in [0.15, 0.2) is 12.4 Å². The highest BCUT2D eigenvalue weighted by Crippen LogP contribution is 2.29. The molecule has 0 radical (unpaired) electrons. The van der Waals surface area contributed by atoms with E-state index in [9.17, 15) is 24.5 Å². The lowest BCUT2D eigenvalue weighted by Crippen LogP contribution is -2.14. The molecular weight excluding hydrogens is 444 g/mol. The van der Waals surface area contributed by atoms with Crippen LogP contribution in [0.1, 0.15) is 21.5 Å². The topological polar surface area (TPSA) is 116 Å². The average Bonchev–Trinajstić information content (AvgIpc) is 2.66. The molecule has 0 aliphatic heterocycles.